The van der Waals surface area contributed by atoms with Gasteiger partial charge in [-0.2, -0.15) is 0 Å². The average Bonchev–Trinajstić information content (AvgIpc) is 2.26. The van der Waals surface area contributed by atoms with Gasteiger partial charge in [-0.05, 0) is 12.1 Å². The lowest BCUT2D eigenvalue weighted by Gasteiger charge is -2.09. The molecule has 0 aliphatic rings. The molecule has 0 spiro atoms. The number of ether oxygens (including phenoxy) is 1. The third-order valence-corrected chi connectivity index (χ3v) is 1.88. The summed E-state index contributed by atoms with van der Waals surface area (Å²) in [6.45, 7) is -0.294. The van der Waals surface area contributed by atoms with E-state index in [4.69, 9.17) is 5.11 Å². The molecule has 0 aliphatic carbocycles. The van der Waals surface area contributed by atoms with Gasteiger partial charge >= 0.3 is 11.9 Å². The van der Waals surface area contributed by atoms with E-state index in [1.165, 1.54) is 19.2 Å². The molecule has 5 nitrogen and oxygen atoms in total. The number of nitrogens with one attached hydrogen (secondary N) is 1. The molecular weight excluding hydrogens is 217 g/mol. The fraction of sp³-hybridized carbons (Fsp3) is 0.200. The fourth-order valence-electron chi connectivity index (χ4n) is 1.11. The van der Waals surface area contributed by atoms with Crippen molar-refractivity contribution in [3.8, 4) is 0 Å². The molecule has 0 aromatic heterocycles. The van der Waals surface area contributed by atoms with Gasteiger partial charge in [0.2, 0.25) is 0 Å². The number of anilines is 1. The van der Waals surface area contributed by atoms with Gasteiger partial charge in [0.1, 0.15) is 12.4 Å². The number of esters is 1. The first-order valence-corrected chi connectivity index (χ1v) is 4.38. The quantitative estimate of drug-likeness (QED) is 0.753. The summed E-state index contributed by atoms with van der Waals surface area (Å²) in [5, 5.41) is 11.2. The number of carbonyl (C=O) groups excluding carboxylic acids is 1. The lowest BCUT2D eigenvalue weighted by molar-refractivity contribution is -0.138. The molecule has 86 valence electrons. The van der Waals surface area contributed by atoms with Gasteiger partial charge in [0.15, 0.2) is 0 Å². The first-order valence-electron chi connectivity index (χ1n) is 4.38. The van der Waals surface area contributed by atoms with Crippen LogP contribution in [0.1, 0.15) is 10.4 Å². The first kappa shape index (κ1) is 12.0. The molecule has 0 atom stereocenters. The van der Waals surface area contributed by atoms with Crippen molar-refractivity contribution < 1.29 is 23.8 Å². The van der Waals surface area contributed by atoms with Crippen LogP contribution in [0.15, 0.2) is 18.2 Å². The monoisotopic (exact) mass is 227 g/mol. The number of aromatic carboxylic acids is 1. The zero-order chi connectivity index (χ0) is 12.1. The van der Waals surface area contributed by atoms with E-state index in [1.54, 1.807) is 0 Å². The Bertz CT molecular complexity index is 419. The van der Waals surface area contributed by atoms with Crippen LogP contribution < -0.4 is 5.32 Å². The van der Waals surface area contributed by atoms with Crippen LogP contribution >= 0.6 is 0 Å². The number of benzene rings is 1. The molecular formula is C10H10FNO4. The summed E-state index contributed by atoms with van der Waals surface area (Å²) < 4.78 is 17.6. The van der Waals surface area contributed by atoms with E-state index < -0.39 is 17.8 Å². The molecule has 0 aliphatic heterocycles. The zero-order valence-corrected chi connectivity index (χ0v) is 8.49. The largest absolute Gasteiger partial charge is 0.478 e. The maximum atomic E-state index is 13.3. The van der Waals surface area contributed by atoms with Crippen molar-refractivity contribution in [2.75, 3.05) is 19.0 Å². The van der Waals surface area contributed by atoms with Crippen LogP contribution in [0.2, 0.25) is 0 Å². The molecule has 1 aromatic rings. The van der Waals surface area contributed by atoms with E-state index in [0.717, 1.165) is 6.07 Å². The molecule has 16 heavy (non-hydrogen) atoms. The first-order chi connectivity index (χ1) is 7.56. The number of para-hydroxylation sites is 1. The number of carboxylic acids is 1. The van der Waals surface area contributed by atoms with E-state index in [2.05, 4.69) is 10.1 Å². The van der Waals surface area contributed by atoms with Gasteiger partial charge in [0.05, 0.1) is 18.4 Å². The van der Waals surface area contributed by atoms with E-state index in [-0.39, 0.29) is 17.8 Å². The van der Waals surface area contributed by atoms with Crippen LogP contribution in [0, 0.1) is 5.82 Å². The van der Waals surface area contributed by atoms with Gasteiger partial charge in [0.25, 0.3) is 0 Å². The Labute approximate surface area is 90.8 Å². The fourth-order valence-corrected chi connectivity index (χ4v) is 1.11. The van der Waals surface area contributed by atoms with Crippen molar-refractivity contribution in [1.82, 2.24) is 0 Å². The standard InChI is InChI=1S/C10H10FNO4/c1-16-8(13)5-12-9-6(10(14)15)3-2-4-7(9)11/h2-4,12H,5H2,1H3,(H,14,15). The minimum Gasteiger partial charge on any atom is -0.478 e. The van der Waals surface area contributed by atoms with Crippen molar-refractivity contribution in [3.63, 3.8) is 0 Å². The van der Waals surface area contributed by atoms with Crippen LogP contribution in [0.3, 0.4) is 0 Å². The van der Waals surface area contributed by atoms with Crippen LogP contribution in [0.4, 0.5) is 10.1 Å². The highest BCUT2D eigenvalue weighted by molar-refractivity contribution is 5.94. The molecule has 0 bridgehead atoms. The summed E-state index contributed by atoms with van der Waals surface area (Å²) in [6, 6.07) is 3.62. The van der Waals surface area contributed by atoms with Crippen molar-refractivity contribution >= 4 is 17.6 Å². The van der Waals surface area contributed by atoms with E-state index >= 15 is 0 Å². The summed E-state index contributed by atoms with van der Waals surface area (Å²) in [5.41, 5.74) is -0.454. The molecule has 0 amide bonds. The van der Waals surface area contributed by atoms with Crippen LogP contribution in [0.5, 0.6) is 0 Å². The minimum atomic E-state index is -1.27. The topological polar surface area (TPSA) is 75.6 Å². The van der Waals surface area contributed by atoms with Crippen molar-refractivity contribution in [1.29, 1.82) is 0 Å². The number of hydrogen-bond donors (Lipinski definition) is 2. The molecule has 0 unspecified atom stereocenters. The van der Waals surface area contributed by atoms with Gasteiger partial charge in [-0.3, -0.25) is 4.79 Å². The van der Waals surface area contributed by atoms with Gasteiger partial charge < -0.3 is 15.2 Å². The normalized spacial score (nSPS) is 9.62. The number of carboxylic acid groups (broad SMARTS) is 1. The molecule has 1 aromatic carbocycles. The second-order valence-electron chi connectivity index (χ2n) is 2.90. The summed E-state index contributed by atoms with van der Waals surface area (Å²) in [6.07, 6.45) is 0. The molecule has 1 rings (SSSR count). The summed E-state index contributed by atoms with van der Waals surface area (Å²) >= 11 is 0. The predicted molar refractivity (Wildman–Crippen MR) is 53.9 cm³/mol. The average molecular weight is 227 g/mol. The number of rotatable bonds is 4. The Morgan fingerprint density at radius 1 is 1.50 bits per heavy atom. The van der Waals surface area contributed by atoms with Gasteiger partial charge in [0, 0.05) is 0 Å². The van der Waals surface area contributed by atoms with Crippen LogP contribution in [0.25, 0.3) is 0 Å². The highest BCUT2D eigenvalue weighted by Crippen LogP contribution is 2.19. The number of halogens is 1. The zero-order valence-electron chi connectivity index (χ0n) is 8.49. The van der Waals surface area contributed by atoms with Gasteiger partial charge in [-0.1, -0.05) is 6.07 Å². The van der Waals surface area contributed by atoms with Crippen molar-refractivity contribution in [2.24, 2.45) is 0 Å². The summed E-state index contributed by atoms with van der Waals surface area (Å²) in [4.78, 5) is 21.6. The van der Waals surface area contributed by atoms with Gasteiger partial charge in [-0.15, -0.1) is 0 Å². The third kappa shape index (κ3) is 2.69. The van der Waals surface area contributed by atoms with E-state index in [0.29, 0.717) is 0 Å². The lowest BCUT2D eigenvalue weighted by atomic mass is 10.1. The number of methoxy groups -OCH3 is 1. The van der Waals surface area contributed by atoms with Gasteiger partial charge in [-0.25, -0.2) is 9.18 Å². The second-order valence-corrected chi connectivity index (χ2v) is 2.90. The van der Waals surface area contributed by atoms with E-state index in [9.17, 15) is 14.0 Å². The molecule has 0 fully saturated rings. The highest BCUT2D eigenvalue weighted by atomic mass is 19.1. The van der Waals surface area contributed by atoms with Crippen molar-refractivity contribution in [3.05, 3.63) is 29.6 Å². The summed E-state index contributed by atoms with van der Waals surface area (Å²) in [7, 11) is 1.18. The molecule has 0 saturated heterocycles. The SMILES string of the molecule is COC(=O)CNc1c(F)cccc1C(=O)O. The minimum absolute atomic E-state index is 0.222. The molecule has 0 heterocycles. The Kier molecular flexibility index (Phi) is 3.82. The molecule has 0 saturated carbocycles. The Hall–Kier alpha value is -2.11. The van der Waals surface area contributed by atoms with Crippen LogP contribution in [-0.4, -0.2) is 30.7 Å². The molecule has 0 radical (unpaired) electrons. The Morgan fingerprint density at radius 2 is 2.19 bits per heavy atom. The maximum absolute atomic E-state index is 13.3. The van der Waals surface area contributed by atoms with Crippen molar-refractivity contribution in [2.45, 2.75) is 0 Å². The predicted octanol–water partition coefficient (Wildman–Crippen LogP) is 1.11. The molecule has 6 heteroatoms. The smallest absolute Gasteiger partial charge is 0.337 e. The lowest BCUT2D eigenvalue weighted by Crippen LogP contribution is -2.17. The molecule has 2 N–H and O–H groups in total. The Balaban J connectivity index is 2.93. The maximum Gasteiger partial charge on any atom is 0.337 e. The van der Waals surface area contributed by atoms with E-state index in [1.807, 2.05) is 0 Å². The number of carbonyl (C=O) groups is 2. The highest BCUT2D eigenvalue weighted by Gasteiger charge is 2.14. The Morgan fingerprint density at radius 3 is 2.75 bits per heavy atom. The summed E-state index contributed by atoms with van der Waals surface area (Å²) in [5.74, 6) is -2.62. The second kappa shape index (κ2) is 5.11. The third-order valence-electron chi connectivity index (χ3n) is 1.88. The number of hydrogen-bond acceptors (Lipinski definition) is 4. The van der Waals surface area contributed by atoms with Crippen LogP contribution in [-0.2, 0) is 9.53 Å².